The zero-order chi connectivity index (χ0) is 18.3. The van der Waals surface area contributed by atoms with Crippen LogP contribution in [0.3, 0.4) is 0 Å². The minimum atomic E-state index is -0.998. The lowest BCUT2D eigenvalue weighted by molar-refractivity contribution is -0.116. The van der Waals surface area contributed by atoms with Crippen LogP contribution in [0.4, 0.5) is 5.69 Å². The fourth-order valence-electron chi connectivity index (χ4n) is 3.31. The monoisotopic (exact) mass is 383 g/mol. The predicted octanol–water partition coefficient (Wildman–Crippen LogP) is 5.24. The molecule has 1 aliphatic rings. The summed E-state index contributed by atoms with van der Waals surface area (Å²) in [7, 11) is 0. The molecule has 1 amide bonds. The van der Waals surface area contributed by atoms with Gasteiger partial charge in [0.1, 0.15) is 4.88 Å². The van der Waals surface area contributed by atoms with Gasteiger partial charge in [-0.05, 0) is 23.3 Å². The number of carbonyl (C=O) groups is 2. The number of carboxylic acids is 1. The largest absolute Gasteiger partial charge is 0.477 e. The summed E-state index contributed by atoms with van der Waals surface area (Å²) in [4.78, 5) is 25.3. The van der Waals surface area contributed by atoms with E-state index in [4.69, 9.17) is 11.6 Å². The molecule has 1 aliphatic heterocycles. The number of aromatic carboxylic acids is 1. The van der Waals surface area contributed by atoms with E-state index in [-0.39, 0.29) is 23.1 Å². The first-order valence-corrected chi connectivity index (χ1v) is 9.24. The lowest BCUT2D eigenvalue weighted by atomic mass is 9.89. The molecule has 0 aliphatic carbocycles. The second-order valence-electron chi connectivity index (χ2n) is 6.08. The Morgan fingerprint density at radius 1 is 1.15 bits per heavy atom. The zero-order valence-electron chi connectivity index (χ0n) is 13.5. The van der Waals surface area contributed by atoms with Crippen LogP contribution in [0.15, 0.2) is 54.6 Å². The molecule has 0 fully saturated rings. The number of anilines is 1. The van der Waals surface area contributed by atoms with Gasteiger partial charge in [0.15, 0.2) is 0 Å². The number of hydrogen-bond donors (Lipinski definition) is 2. The van der Waals surface area contributed by atoms with E-state index in [1.807, 2.05) is 48.5 Å². The van der Waals surface area contributed by atoms with Gasteiger partial charge in [0.05, 0.1) is 5.69 Å². The number of fused-ring (bicyclic) bond motifs is 1. The first kappa shape index (κ1) is 16.8. The highest BCUT2D eigenvalue weighted by Crippen LogP contribution is 2.49. The highest BCUT2D eigenvalue weighted by atomic mass is 35.5. The Morgan fingerprint density at radius 3 is 2.62 bits per heavy atom. The first-order chi connectivity index (χ1) is 12.5. The normalized spacial score (nSPS) is 16.0. The molecule has 0 saturated carbocycles. The van der Waals surface area contributed by atoms with E-state index in [2.05, 4.69) is 5.32 Å². The number of halogens is 1. The van der Waals surface area contributed by atoms with Crippen LogP contribution in [-0.2, 0) is 4.79 Å². The van der Waals surface area contributed by atoms with Crippen LogP contribution in [0.1, 0.15) is 32.5 Å². The number of carbonyl (C=O) groups excluding carboxylic acids is 1. The molecule has 130 valence electrons. The third-order valence-electron chi connectivity index (χ3n) is 4.41. The van der Waals surface area contributed by atoms with E-state index < -0.39 is 5.97 Å². The van der Waals surface area contributed by atoms with Crippen LogP contribution < -0.4 is 5.32 Å². The average molecular weight is 384 g/mol. The number of thiophene rings is 1. The molecular formula is C20H14ClNO3S. The van der Waals surface area contributed by atoms with E-state index in [1.54, 1.807) is 6.07 Å². The summed E-state index contributed by atoms with van der Waals surface area (Å²) in [5.41, 5.74) is 2.85. The molecule has 4 nitrogen and oxygen atoms in total. The number of carboxylic acid groups (broad SMARTS) is 1. The molecule has 1 aromatic heterocycles. The third kappa shape index (κ3) is 2.89. The van der Waals surface area contributed by atoms with Gasteiger partial charge < -0.3 is 10.4 Å². The molecular weight excluding hydrogens is 370 g/mol. The molecule has 2 aromatic carbocycles. The van der Waals surface area contributed by atoms with Crippen molar-refractivity contribution in [3.05, 3.63) is 74.9 Å². The minimum absolute atomic E-state index is 0.130. The van der Waals surface area contributed by atoms with Crippen LogP contribution in [0.25, 0.3) is 11.1 Å². The van der Waals surface area contributed by atoms with E-state index in [0.717, 1.165) is 16.0 Å². The SMILES string of the molecule is O=C1C[C@@H](c2cccc(Cl)c2)c2sc(C(=O)O)c(-c3ccccc3)c2N1. The van der Waals surface area contributed by atoms with Gasteiger partial charge in [-0.1, -0.05) is 54.1 Å². The summed E-state index contributed by atoms with van der Waals surface area (Å²) in [6.07, 6.45) is 0.265. The van der Waals surface area contributed by atoms with Gasteiger partial charge in [-0.15, -0.1) is 11.3 Å². The molecule has 1 atom stereocenters. The molecule has 0 radical (unpaired) electrons. The quantitative estimate of drug-likeness (QED) is 0.649. The standard InChI is InChI=1S/C20H14ClNO3S/c21-13-8-4-7-12(9-13)14-10-15(23)22-17-16(11-5-2-1-3-6-11)19(20(24)25)26-18(14)17/h1-9,14H,10H2,(H,22,23)(H,24,25)/t14-/m0/s1. The molecule has 6 heteroatoms. The number of benzene rings is 2. The van der Waals surface area contributed by atoms with Crippen molar-refractivity contribution < 1.29 is 14.7 Å². The lowest BCUT2D eigenvalue weighted by Crippen LogP contribution is -2.22. The summed E-state index contributed by atoms with van der Waals surface area (Å²) in [6.45, 7) is 0. The second kappa shape index (κ2) is 6.59. The van der Waals surface area contributed by atoms with Crippen LogP contribution in [0, 0.1) is 0 Å². The van der Waals surface area contributed by atoms with Crippen molar-refractivity contribution in [1.82, 2.24) is 0 Å². The molecule has 0 bridgehead atoms. The minimum Gasteiger partial charge on any atom is -0.477 e. The molecule has 0 spiro atoms. The maximum Gasteiger partial charge on any atom is 0.346 e. The Balaban J connectivity index is 1.95. The number of rotatable bonds is 3. The predicted molar refractivity (Wildman–Crippen MR) is 103 cm³/mol. The average Bonchev–Trinajstić information content (AvgIpc) is 3.01. The number of hydrogen-bond acceptors (Lipinski definition) is 3. The van der Waals surface area contributed by atoms with Crippen molar-refractivity contribution in [2.45, 2.75) is 12.3 Å². The van der Waals surface area contributed by atoms with E-state index in [9.17, 15) is 14.7 Å². The van der Waals surface area contributed by atoms with Gasteiger partial charge in [0.2, 0.25) is 5.91 Å². The van der Waals surface area contributed by atoms with Crippen molar-refractivity contribution >= 4 is 40.5 Å². The van der Waals surface area contributed by atoms with Crippen molar-refractivity contribution in [2.75, 3.05) is 5.32 Å². The highest BCUT2D eigenvalue weighted by molar-refractivity contribution is 7.15. The second-order valence-corrected chi connectivity index (χ2v) is 7.57. The molecule has 2 heterocycles. The van der Waals surface area contributed by atoms with Gasteiger partial charge >= 0.3 is 5.97 Å². The van der Waals surface area contributed by atoms with Crippen LogP contribution in [-0.4, -0.2) is 17.0 Å². The van der Waals surface area contributed by atoms with Crippen molar-refractivity contribution in [1.29, 1.82) is 0 Å². The fourth-order valence-corrected chi connectivity index (χ4v) is 4.75. The smallest absolute Gasteiger partial charge is 0.346 e. The summed E-state index contributed by atoms with van der Waals surface area (Å²) in [6, 6.07) is 16.6. The van der Waals surface area contributed by atoms with Gasteiger partial charge in [0.25, 0.3) is 0 Å². The first-order valence-electron chi connectivity index (χ1n) is 8.05. The van der Waals surface area contributed by atoms with Gasteiger partial charge in [0, 0.05) is 27.8 Å². The Hall–Kier alpha value is -2.63. The Kier molecular flexibility index (Phi) is 4.26. The van der Waals surface area contributed by atoms with Crippen LogP contribution >= 0.6 is 22.9 Å². The van der Waals surface area contributed by atoms with E-state index in [0.29, 0.717) is 16.3 Å². The van der Waals surface area contributed by atoms with Crippen molar-refractivity contribution in [3.8, 4) is 11.1 Å². The van der Waals surface area contributed by atoms with Crippen molar-refractivity contribution in [2.24, 2.45) is 0 Å². The van der Waals surface area contributed by atoms with Gasteiger partial charge in [-0.25, -0.2) is 4.79 Å². The summed E-state index contributed by atoms with van der Waals surface area (Å²) >= 11 is 7.34. The summed E-state index contributed by atoms with van der Waals surface area (Å²) in [5.74, 6) is -1.34. The number of amides is 1. The molecule has 0 unspecified atom stereocenters. The topological polar surface area (TPSA) is 66.4 Å². The Bertz CT molecular complexity index is 1010. The van der Waals surface area contributed by atoms with E-state index in [1.165, 1.54) is 11.3 Å². The summed E-state index contributed by atoms with van der Waals surface area (Å²) in [5, 5.41) is 13.2. The molecule has 26 heavy (non-hydrogen) atoms. The zero-order valence-corrected chi connectivity index (χ0v) is 15.1. The summed E-state index contributed by atoms with van der Waals surface area (Å²) < 4.78 is 0. The van der Waals surface area contributed by atoms with Crippen LogP contribution in [0.2, 0.25) is 5.02 Å². The third-order valence-corrected chi connectivity index (χ3v) is 5.94. The highest BCUT2D eigenvalue weighted by Gasteiger charge is 2.34. The Morgan fingerprint density at radius 2 is 1.92 bits per heavy atom. The number of nitrogens with one attached hydrogen (secondary N) is 1. The van der Waals surface area contributed by atoms with Crippen LogP contribution in [0.5, 0.6) is 0 Å². The van der Waals surface area contributed by atoms with Crippen molar-refractivity contribution in [3.63, 3.8) is 0 Å². The van der Waals surface area contributed by atoms with Gasteiger partial charge in [-0.2, -0.15) is 0 Å². The fraction of sp³-hybridized carbons (Fsp3) is 0.100. The molecule has 2 N–H and O–H groups in total. The van der Waals surface area contributed by atoms with Gasteiger partial charge in [-0.3, -0.25) is 4.79 Å². The molecule has 4 rings (SSSR count). The lowest BCUT2D eigenvalue weighted by Gasteiger charge is -2.24. The van der Waals surface area contributed by atoms with E-state index >= 15 is 0 Å². The maximum absolute atomic E-state index is 12.4. The maximum atomic E-state index is 12.4. The Labute approximate surface area is 159 Å². The molecule has 3 aromatic rings. The molecule has 0 saturated heterocycles.